The second-order valence-corrected chi connectivity index (χ2v) is 8.92. The zero-order chi connectivity index (χ0) is 26.5. The number of thioether (sulfide) groups is 1. The number of aliphatic carboxylic acids is 1. The minimum Gasteiger partial charge on any atom is -0.480 e. The molecule has 0 bridgehead atoms. The highest BCUT2D eigenvalue weighted by molar-refractivity contribution is 7.98. The molecule has 0 spiro atoms. The van der Waals surface area contributed by atoms with Crippen molar-refractivity contribution in [3.63, 3.8) is 0 Å². The van der Waals surface area contributed by atoms with E-state index in [1.54, 1.807) is 30.3 Å². The number of benzene rings is 1. The van der Waals surface area contributed by atoms with Crippen molar-refractivity contribution in [2.45, 2.75) is 56.5 Å². The third kappa shape index (κ3) is 10.8. The van der Waals surface area contributed by atoms with Crippen molar-refractivity contribution >= 4 is 41.4 Å². The molecule has 1 aromatic carbocycles. The maximum absolute atomic E-state index is 13.1. The number of aliphatic hydroxyl groups excluding tert-OH is 1. The van der Waals surface area contributed by atoms with E-state index in [-0.39, 0.29) is 6.42 Å². The lowest BCUT2D eigenvalue weighted by Crippen LogP contribution is -2.60. The normalized spacial score (nSPS) is 15.1. The van der Waals surface area contributed by atoms with E-state index >= 15 is 0 Å². The number of carboxylic acid groups (broad SMARTS) is 1. The molecular weight excluding hydrogens is 478 g/mol. The average molecular weight is 512 g/mol. The van der Waals surface area contributed by atoms with Gasteiger partial charge in [-0.3, -0.25) is 19.2 Å². The van der Waals surface area contributed by atoms with Gasteiger partial charge in [0.2, 0.25) is 23.6 Å². The average Bonchev–Trinajstić information content (AvgIpc) is 2.79. The SMILES string of the molecule is CSCCC(N)C(=O)NC(Cc1ccccc1)C(=O)NC(C(=O)NC(CC(N)=O)C(=O)O)C(C)O. The molecule has 0 saturated heterocycles. The minimum absolute atomic E-state index is 0.0707. The zero-order valence-corrected chi connectivity index (χ0v) is 20.4. The molecule has 0 aromatic heterocycles. The Hall–Kier alpha value is -3.16. The van der Waals surface area contributed by atoms with Gasteiger partial charge in [0.15, 0.2) is 0 Å². The van der Waals surface area contributed by atoms with Gasteiger partial charge in [-0.2, -0.15) is 11.8 Å². The summed E-state index contributed by atoms with van der Waals surface area (Å²) >= 11 is 1.52. The van der Waals surface area contributed by atoms with Gasteiger partial charge < -0.3 is 37.6 Å². The molecule has 0 heterocycles. The smallest absolute Gasteiger partial charge is 0.326 e. The molecule has 5 atom stereocenters. The van der Waals surface area contributed by atoms with Gasteiger partial charge in [-0.05, 0) is 30.9 Å². The first kappa shape index (κ1) is 29.9. The molecule has 194 valence electrons. The highest BCUT2D eigenvalue weighted by Crippen LogP contribution is 2.07. The van der Waals surface area contributed by atoms with E-state index in [0.717, 1.165) is 5.56 Å². The quantitative estimate of drug-likeness (QED) is 0.140. The molecule has 0 aliphatic rings. The van der Waals surface area contributed by atoms with Crippen LogP contribution in [0.1, 0.15) is 25.3 Å². The number of carbonyl (C=O) groups excluding carboxylic acids is 4. The summed E-state index contributed by atoms with van der Waals surface area (Å²) < 4.78 is 0. The highest BCUT2D eigenvalue weighted by Gasteiger charge is 2.33. The summed E-state index contributed by atoms with van der Waals surface area (Å²) in [4.78, 5) is 60.7. The van der Waals surface area contributed by atoms with E-state index < -0.39 is 66.3 Å². The lowest BCUT2D eigenvalue weighted by atomic mass is 10.0. The minimum atomic E-state index is -1.65. The first-order valence-electron chi connectivity index (χ1n) is 10.8. The van der Waals surface area contributed by atoms with Gasteiger partial charge in [-0.1, -0.05) is 30.3 Å². The third-order valence-electron chi connectivity index (χ3n) is 4.97. The summed E-state index contributed by atoms with van der Waals surface area (Å²) in [6.07, 6.45) is 0.222. The predicted octanol–water partition coefficient (Wildman–Crippen LogP) is -1.90. The number of nitrogens with two attached hydrogens (primary N) is 2. The summed E-state index contributed by atoms with van der Waals surface area (Å²) in [7, 11) is 0. The van der Waals surface area contributed by atoms with Crippen LogP contribution in [0.5, 0.6) is 0 Å². The van der Waals surface area contributed by atoms with E-state index in [2.05, 4.69) is 16.0 Å². The first-order chi connectivity index (χ1) is 16.5. The van der Waals surface area contributed by atoms with Crippen molar-refractivity contribution in [2.24, 2.45) is 11.5 Å². The fourth-order valence-corrected chi connectivity index (χ4v) is 3.53. The fraction of sp³-hybridized carbons (Fsp3) is 0.500. The Kier molecular flexibility index (Phi) is 12.8. The number of carboxylic acids is 1. The van der Waals surface area contributed by atoms with Crippen LogP contribution in [0.25, 0.3) is 0 Å². The Labute approximate surface area is 207 Å². The number of aliphatic hydroxyl groups is 1. The Morgan fingerprint density at radius 2 is 1.57 bits per heavy atom. The molecule has 0 aliphatic heterocycles. The predicted molar refractivity (Wildman–Crippen MR) is 130 cm³/mol. The standard InChI is InChI=1S/C22H33N5O7S/c1-12(28)18(21(32)26-16(22(33)34)11-17(24)29)27-20(31)15(10-13-6-4-3-5-7-13)25-19(30)14(23)8-9-35-2/h3-7,12,14-16,18,28H,8-11,23H2,1-2H3,(H2,24,29)(H,25,30)(H,26,32)(H,27,31)(H,33,34). The first-order valence-corrected chi connectivity index (χ1v) is 12.2. The summed E-state index contributed by atoms with van der Waals surface area (Å²) in [5.41, 5.74) is 11.6. The lowest BCUT2D eigenvalue weighted by molar-refractivity contribution is -0.144. The van der Waals surface area contributed by atoms with Gasteiger partial charge in [0.1, 0.15) is 18.1 Å². The van der Waals surface area contributed by atoms with Crippen LogP contribution in [0.15, 0.2) is 30.3 Å². The van der Waals surface area contributed by atoms with Crippen LogP contribution in [-0.2, 0) is 30.4 Å². The number of nitrogens with one attached hydrogen (secondary N) is 3. The van der Waals surface area contributed by atoms with Crippen LogP contribution in [0.3, 0.4) is 0 Å². The van der Waals surface area contributed by atoms with Gasteiger partial charge in [0.05, 0.1) is 18.6 Å². The van der Waals surface area contributed by atoms with Crippen molar-refractivity contribution in [2.75, 3.05) is 12.0 Å². The van der Waals surface area contributed by atoms with Crippen molar-refractivity contribution < 1.29 is 34.2 Å². The van der Waals surface area contributed by atoms with Gasteiger partial charge >= 0.3 is 5.97 Å². The Morgan fingerprint density at radius 3 is 2.09 bits per heavy atom. The number of rotatable bonds is 15. The molecule has 9 N–H and O–H groups in total. The molecule has 35 heavy (non-hydrogen) atoms. The van der Waals surface area contributed by atoms with E-state index in [1.165, 1.54) is 18.7 Å². The molecule has 5 unspecified atom stereocenters. The maximum atomic E-state index is 13.1. The van der Waals surface area contributed by atoms with Gasteiger partial charge in [-0.15, -0.1) is 0 Å². The van der Waals surface area contributed by atoms with Gasteiger partial charge in [0.25, 0.3) is 0 Å². The highest BCUT2D eigenvalue weighted by atomic mass is 32.2. The Balaban J connectivity index is 3.05. The van der Waals surface area contributed by atoms with E-state index in [1.807, 2.05) is 6.26 Å². The third-order valence-corrected chi connectivity index (χ3v) is 5.61. The number of hydrogen-bond donors (Lipinski definition) is 7. The largest absolute Gasteiger partial charge is 0.480 e. The Bertz CT molecular complexity index is 884. The molecule has 1 aromatic rings. The molecule has 1 rings (SSSR count). The Morgan fingerprint density at radius 1 is 0.971 bits per heavy atom. The van der Waals surface area contributed by atoms with Crippen LogP contribution >= 0.6 is 11.8 Å². The zero-order valence-electron chi connectivity index (χ0n) is 19.6. The van der Waals surface area contributed by atoms with Gasteiger partial charge in [-0.25, -0.2) is 4.79 Å². The number of carbonyl (C=O) groups is 5. The van der Waals surface area contributed by atoms with E-state index in [4.69, 9.17) is 11.5 Å². The van der Waals surface area contributed by atoms with Crippen LogP contribution in [0, 0.1) is 0 Å². The lowest BCUT2D eigenvalue weighted by Gasteiger charge is -2.26. The van der Waals surface area contributed by atoms with Crippen LogP contribution < -0.4 is 27.4 Å². The number of amides is 4. The van der Waals surface area contributed by atoms with Crippen LogP contribution in [-0.4, -0.2) is 82.1 Å². The molecule has 13 heteroatoms. The molecule has 12 nitrogen and oxygen atoms in total. The van der Waals surface area contributed by atoms with Crippen molar-refractivity contribution in [3.05, 3.63) is 35.9 Å². The molecule has 0 saturated carbocycles. The van der Waals surface area contributed by atoms with E-state index in [0.29, 0.717) is 12.2 Å². The number of hydrogen-bond acceptors (Lipinski definition) is 8. The molecule has 4 amide bonds. The molecule has 0 fully saturated rings. The summed E-state index contributed by atoms with van der Waals surface area (Å²) in [5, 5.41) is 26.3. The fourth-order valence-electron chi connectivity index (χ4n) is 3.04. The topological polar surface area (TPSA) is 214 Å². The summed E-state index contributed by atoms with van der Waals surface area (Å²) in [6.45, 7) is 1.22. The second-order valence-electron chi connectivity index (χ2n) is 7.94. The van der Waals surface area contributed by atoms with Crippen molar-refractivity contribution in [1.82, 2.24) is 16.0 Å². The van der Waals surface area contributed by atoms with Crippen LogP contribution in [0.4, 0.5) is 0 Å². The maximum Gasteiger partial charge on any atom is 0.326 e. The van der Waals surface area contributed by atoms with Crippen LogP contribution in [0.2, 0.25) is 0 Å². The summed E-state index contributed by atoms with van der Waals surface area (Å²) in [6, 6.07) is 3.59. The number of primary amides is 1. The van der Waals surface area contributed by atoms with E-state index in [9.17, 15) is 34.2 Å². The van der Waals surface area contributed by atoms with Crippen molar-refractivity contribution in [1.29, 1.82) is 0 Å². The van der Waals surface area contributed by atoms with Crippen molar-refractivity contribution in [3.8, 4) is 0 Å². The summed E-state index contributed by atoms with van der Waals surface area (Å²) in [5.74, 6) is -4.21. The molecule has 0 radical (unpaired) electrons. The monoisotopic (exact) mass is 511 g/mol. The van der Waals surface area contributed by atoms with Gasteiger partial charge in [0, 0.05) is 6.42 Å². The molecular formula is C22H33N5O7S. The molecule has 0 aliphatic carbocycles. The second kappa shape index (κ2) is 15.0.